The molecule has 126 valence electrons. The van der Waals surface area contributed by atoms with E-state index in [0.717, 1.165) is 10.0 Å². The number of ether oxygens (including phenoxy) is 3. The summed E-state index contributed by atoms with van der Waals surface area (Å²) in [6.45, 7) is -0.0875. The van der Waals surface area contributed by atoms with E-state index in [-0.39, 0.29) is 12.4 Å². The van der Waals surface area contributed by atoms with E-state index in [0.29, 0.717) is 11.5 Å². The fraction of sp³-hybridized carbons (Fsp3) is 0.176. The second-order valence-corrected chi connectivity index (χ2v) is 5.50. The highest BCUT2D eigenvalue weighted by Gasteiger charge is 2.11. The molecule has 0 saturated carbocycles. The third kappa shape index (κ3) is 4.73. The molecule has 0 aliphatic heterocycles. The van der Waals surface area contributed by atoms with Gasteiger partial charge in [-0.2, -0.15) is 0 Å². The molecule has 0 atom stereocenters. The van der Waals surface area contributed by atoms with Gasteiger partial charge >= 0.3 is 11.9 Å². The summed E-state index contributed by atoms with van der Waals surface area (Å²) in [6, 6.07) is 8.44. The van der Waals surface area contributed by atoms with Crippen LogP contribution in [0.4, 0.5) is 0 Å². The molecule has 0 saturated heterocycles. The number of esters is 2. The van der Waals surface area contributed by atoms with Crippen molar-refractivity contribution in [2.45, 2.75) is 6.61 Å². The van der Waals surface area contributed by atoms with Gasteiger partial charge < -0.3 is 18.6 Å². The second kappa shape index (κ2) is 8.35. The van der Waals surface area contributed by atoms with Crippen LogP contribution in [0.25, 0.3) is 6.08 Å². The summed E-state index contributed by atoms with van der Waals surface area (Å²) in [6.07, 6.45) is 2.88. The molecule has 1 aromatic carbocycles. The van der Waals surface area contributed by atoms with Crippen LogP contribution in [0.1, 0.15) is 21.9 Å². The first kappa shape index (κ1) is 17.8. The highest BCUT2D eigenvalue weighted by molar-refractivity contribution is 9.10. The molecule has 24 heavy (non-hydrogen) atoms. The van der Waals surface area contributed by atoms with Crippen molar-refractivity contribution in [2.24, 2.45) is 0 Å². The highest BCUT2D eigenvalue weighted by atomic mass is 79.9. The van der Waals surface area contributed by atoms with Crippen LogP contribution >= 0.6 is 15.9 Å². The van der Waals surface area contributed by atoms with Gasteiger partial charge in [-0.25, -0.2) is 9.59 Å². The van der Waals surface area contributed by atoms with E-state index in [4.69, 9.17) is 13.9 Å². The third-order valence-corrected chi connectivity index (χ3v) is 3.49. The Morgan fingerprint density at radius 1 is 1.21 bits per heavy atom. The van der Waals surface area contributed by atoms with Gasteiger partial charge in [0, 0.05) is 16.1 Å². The Balaban J connectivity index is 1.95. The van der Waals surface area contributed by atoms with Crippen LogP contribution in [0.3, 0.4) is 0 Å². The lowest BCUT2D eigenvalue weighted by Crippen LogP contribution is -2.01. The van der Waals surface area contributed by atoms with E-state index in [9.17, 15) is 9.59 Å². The molecule has 0 radical (unpaired) electrons. The maximum Gasteiger partial charge on any atom is 0.373 e. The van der Waals surface area contributed by atoms with Crippen molar-refractivity contribution < 1.29 is 28.2 Å². The molecule has 2 aromatic rings. The summed E-state index contributed by atoms with van der Waals surface area (Å²) in [5.74, 6) is -0.103. The Morgan fingerprint density at radius 2 is 2.00 bits per heavy atom. The van der Waals surface area contributed by atoms with Crippen LogP contribution in [0.5, 0.6) is 5.75 Å². The molecule has 0 bridgehead atoms. The normalized spacial score (nSPS) is 10.6. The zero-order chi connectivity index (χ0) is 17.5. The fourth-order valence-electron chi connectivity index (χ4n) is 1.85. The molecule has 0 aliphatic carbocycles. The number of hydrogen-bond acceptors (Lipinski definition) is 6. The van der Waals surface area contributed by atoms with Crippen molar-refractivity contribution in [1.82, 2.24) is 0 Å². The van der Waals surface area contributed by atoms with Crippen molar-refractivity contribution in [3.8, 4) is 5.75 Å². The standard InChI is InChI=1S/C17H15BrO6/c1-21-14-6-4-12(18)9-11(14)3-8-16(19)23-10-13-5-7-15(24-13)17(20)22-2/h3-9H,10H2,1-2H3/b8-3+. The number of rotatable bonds is 6. The van der Waals surface area contributed by atoms with Gasteiger partial charge in [-0.15, -0.1) is 0 Å². The van der Waals surface area contributed by atoms with E-state index in [1.54, 1.807) is 25.3 Å². The molecule has 0 spiro atoms. The van der Waals surface area contributed by atoms with Crippen LogP contribution in [-0.4, -0.2) is 26.2 Å². The van der Waals surface area contributed by atoms with Crippen LogP contribution in [0.15, 0.2) is 45.3 Å². The first-order valence-electron chi connectivity index (χ1n) is 6.89. The van der Waals surface area contributed by atoms with Crippen LogP contribution in [0, 0.1) is 0 Å². The van der Waals surface area contributed by atoms with Gasteiger partial charge in [-0.1, -0.05) is 15.9 Å². The summed E-state index contributed by atoms with van der Waals surface area (Å²) in [5.41, 5.74) is 0.731. The Bertz CT molecular complexity index is 762. The van der Waals surface area contributed by atoms with Crippen LogP contribution in [0.2, 0.25) is 0 Å². The average molecular weight is 395 g/mol. The third-order valence-electron chi connectivity index (χ3n) is 3.00. The topological polar surface area (TPSA) is 75.0 Å². The fourth-order valence-corrected chi connectivity index (χ4v) is 2.23. The summed E-state index contributed by atoms with van der Waals surface area (Å²) < 4.78 is 20.9. The number of benzene rings is 1. The average Bonchev–Trinajstić information content (AvgIpc) is 3.06. The number of hydrogen-bond donors (Lipinski definition) is 0. The minimum atomic E-state index is -0.589. The summed E-state index contributed by atoms with van der Waals surface area (Å²) in [5, 5.41) is 0. The second-order valence-electron chi connectivity index (χ2n) is 4.58. The van der Waals surface area contributed by atoms with Gasteiger partial charge in [0.05, 0.1) is 14.2 Å². The maximum atomic E-state index is 11.8. The van der Waals surface area contributed by atoms with Gasteiger partial charge in [-0.05, 0) is 36.4 Å². The molecule has 0 fully saturated rings. The molecule has 1 aromatic heterocycles. The quantitative estimate of drug-likeness (QED) is 0.550. The summed E-state index contributed by atoms with van der Waals surface area (Å²) >= 11 is 3.36. The molecule has 0 N–H and O–H groups in total. The van der Waals surface area contributed by atoms with Gasteiger partial charge in [0.25, 0.3) is 0 Å². The zero-order valence-electron chi connectivity index (χ0n) is 13.1. The van der Waals surface area contributed by atoms with Gasteiger partial charge in [0.15, 0.2) is 0 Å². The summed E-state index contributed by atoms with van der Waals surface area (Å²) in [4.78, 5) is 23.0. The number of carbonyl (C=O) groups is 2. The largest absolute Gasteiger partial charge is 0.496 e. The van der Waals surface area contributed by atoms with Gasteiger partial charge in [0.1, 0.15) is 18.1 Å². The molecule has 0 unspecified atom stereocenters. The van der Waals surface area contributed by atoms with Crippen molar-refractivity contribution in [2.75, 3.05) is 14.2 Å². The van der Waals surface area contributed by atoms with E-state index < -0.39 is 11.9 Å². The number of furan rings is 1. The Hall–Kier alpha value is -2.54. The van der Waals surface area contributed by atoms with Crippen molar-refractivity contribution >= 4 is 33.9 Å². The SMILES string of the molecule is COC(=O)c1ccc(COC(=O)/C=C/c2cc(Br)ccc2OC)o1. The first-order valence-corrected chi connectivity index (χ1v) is 7.68. The molecule has 2 rings (SSSR count). The molecular weight excluding hydrogens is 380 g/mol. The van der Waals surface area contributed by atoms with E-state index in [2.05, 4.69) is 20.7 Å². The molecular formula is C17H15BrO6. The maximum absolute atomic E-state index is 11.8. The van der Waals surface area contributed by atoms with Crippen LogP contribution in [-0.2, 0) is 20.9 Å². The van der Waals surface area contributed by atoms with Crippen molar-refractivity contribution in [3.05, 3.63) is 58.0 Å². The lowest BCUT2D eigenvalue weighted by Gasteiger charge is -2.05. The molecule has 7 heteroatoms. The highest BCUT2D eigenvalue weighted by Crippen LogP contribution is 2.24. The molecule has 6 nitrogen and oxygen atoms in total. The Morgan fingerprint density at radius 3 is 2.71 bits per heavy atom. The number of carbonyl (C=O) groups excluding carboxylic acids is 2. The van der Waals surface area contributed by atoms with Gasteiger partial charge in [-0.3, -0.25) is 0 Å². The molecule has 0 aliphatic rings. The van der Waals surface area contributed by atoms with E-state index in [1.807, 2.05) is 12.1 Å². The van der Waals surface area contributed by atoms with Gasteiger partial charge in [0.2, 0.25) is 5.76 Å². The minimum absolute atomic E-state index is 0.0537. The monoisotopic (exact) mass is 394 g/mol. The molecule has 1 heterocycles. The van der Waals surface area contributed by atoms with E-state index >= 15 is 0 Å². The predicted molar refractivity (Wildman–Crippen MR) is 89.6 cm³/mol. The van der Waals surface area contributed by atoms with Crippen molar-refractivity contribution in [3.63, 3.8) is 0 Å². The number of methoxy groups -OCH3 is 2. The number of halogens is 1. The minimum Gasteiger partial charge on any atom is -0.496 e. The van der Waals surface area contributed by atoms with Crippen LogP contribution < -0.4 is 4.74 Å². The summed E-state index contributed by atoms with van der Waals surface area (Å²) in [7, 11) is 2.81. The Labute approximate surface area is 147 Å². The first-order chi connectivity index (χ1) is 11.5. The predicted octanol–water partition coefficient (Wildman–Crippen LogP) is 3.59. The lowest BCUT2D eigenvalue weighted by atomic mass is 10.2. The Kier molecular flexibility index (Phi) is 6.20. The molecule has 0 amide bonds. The lowest BCUT2D eigenvalue weighted by molar-refractivity contribution is -0.139. The smallest absolute Gasteiger partial charge is 0.373 e. The van der Waals surface area contributed by atoms with E-state index in [1.165, 1.54) is 19.3 Å². The van der Waals surface area contributed by atoms with Crippen molar-refractivity contribution in [1.29, 1.82) is 0 Å². The zero-order valence-corrected chi connectivity index (χ0v) is 14.7.